The number of amides is 1. The molecule has 0 aliphatic heterocycles. The van der Waals surface area contributed by atoms with Gasteiger partial charge in [0.25, 0.3) is 0 Å². The fraction of sp³-hybridized carbons (Fsp3) is 0.300. The monoisotopic (exact) mass is 260 g/mol. The Morgan fingerprint density at radius 2 is 2.12 bits per heavy atom. The number of sulfonamides is 1. The molecule has 17 heavy (non-hydrogen) atoms. The van der Waals surface area contributed by atoms with Crippen LogP contribution in [0.3, 0.4) is 0 Å². The SMILES string of the molecule is Cc1cc(S(=O)(=O)NCCC(N)=O)ccc1F. The molecule has 0 spiro atoms. The number of carbonyl (C=O) groups is 1. The first-order chi connectivity index (χ1) is 7.83. The molecule has 0 aromatic heterocycles. The van der Waals surface area contributed by atoms with Crippen molar-refractivity contribution in [2.45, 2.75) is 18.2 Å². The van der Waals surface area contributed by atoms with Gasteiger partial charge in [0.15, 0.2) is 0 Å². The highest BCUT2D eigenvalue weighted by Gasteiger charge is 2.14. The minimum atomic E-state index is -3.72. The van der Waals surface area contributed by atoms with Gasteiger partial charge in [0.1, 0.15) is 5.82 Å². The van der Waals surface area contributed by atoms with Gasteiger partial charge in [-0.15, -0.1) is 0 Å². The molecular weight excluding hydrogens is 247 g/mol. The number of hydrogen-bond donors (Lipinski definition) is 2. The third-order valence-corrected chi connectivity index (χ3v) is 3.56. The number of hydrogen-bond acceptors (Lipinski definition) is 3. The van der Waals surface area contributed by atoms with Crippen molar-refractivity contribution >= 4 is 15.9 Å². The maximum atomic E-state index is 13.0. The molecule has 7 heteroatoms. The smallest absolute Gasteiger partial charge is 0.240 e. The lowest BCUT2D eigenvalue weighted by atomic mass is 10.2. The highest BCUT2D eigenvalue weighted by Crippen LogP contribution is 2.13. The third kappa shape index (κ3) is 3.79. The number of nitrogens with two attached hydrogens (primary N) is 1. The van der Waals surface area contributed by atoms with Crippen LogP contribution in [0.25, 0.3) is 0 Å². The van der Waals surface area contributed by atoms with Crippen LogP contribution in [0.1, 0.15) is 12.0 Å². The zero-order valence-electron chi connectivity index (χ0n) is 9.23. The second kappa shape index (κ2) is 5.24. The Balaban J connectivity index is 2.82. The summed E-state index contributed by atoms with van der Waals surface area (Å²) in [5.41, 5.74) is 5.12. The molecule has 0 unspecified atom stereocenters. The van der Waals surface area contributed by atoms with Gasteiger partial charge in [0, 0.05) is 13.0 Å². The highest BCUT2D eigenvalue weighted by atomic mass is 32.2. The number of aryl methyl sites for hydroxylation is 1. The van der Waals surface area contributed by atoms with Crippen molar-refractivity contribution in [3.05, 3.63) is 29.6 Å². The number of primary amides is 1. The zero-order chi connectivity index (χ0) is 13.1. The summed E-state index contributed by atoms with van der Waals surface area (Å²) in [6, 6.07) is 3.47. The largest absolute Gasteiger partial charge is 0.370 e. The van der Waals surface area contributed by atoms with E-state index >= 15 is 0 Å². The summed E-state index contributed by atoms with van der Waals surface area (Å²) in [4.78, 5) is 10.4. The molecule has 3 N–H and O–H groups in total. The predicted molar refractivity (Wildman–Crippen MR) is 60.1 cm³/mol. The van der Waals surface area contributed by atoms with Crippen LogP contribution in [0.2, 0.25) is 0 Å². The third-order valence-electron chi connectivity index (χ3n) is 2.10. The van der Waals surface area contributed by atoms with Gasteiger partial charge < -0.3 is 5.73 Å². The molecule has 1 aromatic rings. The molecule has 1 aromatic carbocycles. The van der Waals surface area contributed by atoms with E-state index < -0.39 is 21.7 Å². The molecular formula is C10H13FN2O3S. The van der Waals surface area contributed by atoms with Gasteiger partial charge in [0.05, 0.1) is 4.90 Å². The molecule has 0 saturated heterocycles. The number of halogens is 1. The van der Waals surface area contributed by atoms with E-state index in [9.17, 15) is 17.6 Å². The molecule has 0 fully saturated rings. The second-order valence-corrected chi connectivity index (χ2v) is 5.29. The van der Waals surface area contributed by atoms with E-state index in [1.807, 2.05) is 0 Å². The van der Waals surface area contributed by atoms with Crippen molar-refractivity contribution < 1.29 is 17.6 Å². The van der Waals surface area contributed by atoms with Crippen LogP contribution >= 0.6 is 0 Å². The maximum Gasteiger partial charge on any atom is 0.240 e. The summed E-state index contributed by atoms with van der Waals surface area (Å²) in [6.07, 6.45) is -0.0839. The molecule has 1 rings (SSSR count). The first-order valence-corrected chi connectivity index (χ1v) is 6.35. The van der Waals surface area contributed by atoms with Crippen LogP contribution in [-0.4, -0.2) is 20.9 Å². The van der Waals surface area contributed by atoms with E-state index in [4.69, 9.17) is 5.73 Å². The van der Waals surface area contributed by atoms with Crippen molar-refractivity contribution in [1.29, 1.82) is 0 Å². The van der Waals surface area contributed by atoms with Crippen LogP contribution in [0.4, 0.5) is 4.39 Å². The molecule has 0 radical (unpaired) electrons. The lowest BCUT2D eigenvalue weighted by molar-refractivity contribution is -0.117. The molecule has 0 aliphatic carbocycles. The normalized spacial score (nSPS) is 11.4. The summed E-state index contributed by atoms with van der Waals surface area (Å²) in [7, 11) is -3.72. The highest BCUT2D eigenvalue weighted by molar-refractivity contribution is 7.89. The summed E-state index contributed by atoms with van der Waals surface area (Å²) in [5.74, 6) is -1.07. The Bertz CT molecular complexity index is 528. The van der Waals surface area contributed by atoms with Gasteiger partial charge in [-0.05, 0) is 30.7 Å². The summed E-state index contributed by atoms with van der Waals surface area (Å²) in [6.45, 7) is 1.39. The van der Waals surface area contributed by atoms with Gasteiger partial charge in [-0.1, -0.05) is 0 Å². The first kappa shape index (κ1) is 13.6. The number of rotatable bonds is 5. The topological polar surface area (TPSA) is 89.3 Å². The molecule has 0 atom stereocenters. The Morgan fingerprint density at radius 1 is 1.47 bits per heavy atom. The van der Waals surface area contributed by atoms with Gasteiger partial charge in [-0.2, -0.15) is 0 Å². The molecule has 0 saturated carbocycles. The fourth-order valence-corrected chi connectivity index (χ4v) is 2.29. The van der Waals surface area contributed by atoms with Crippen LogP contribution < -0.4 is 10.5 Å². The quantitative estimate of drug-likeness (QED) is 0.797. The summed E-state index contributed by atoms with van der Waals surface area (Å²) < 4.78 is 38.6. The van der Waals surface area contributed by atoms with Gasteiger partial charge in [-0.25, -0.2) is 17.5 Å². The second-order valence-electron chi connectivity index (χ2n) is 3.53. The average molecular weight is 260 g/mol. The number of benzene rings is 1. The van der Waals surface area contributed by atoms with Crippen molar-refractivity contribution in [1.82, 2.24) is 4.72 Å². The Kier molecular flexibility index (Phi) is 4.19. The van der Waals surface area contributed by atoms with Crippen LogP contribution in [-0.2, 0) is 14.8 Å². The van der Waals surface area contributed by atoms with E-state index in [0.29, 0.717) is 0 Å². The zero-order valence-corrected chi connectivity index (χ0v) is 10.1. The van der Waals surface area contributed by atoms with Crippen molar-refractivity contribution in [2.75, 3.05) is 6.54 Å². The molecule has 1 amide bonds. The Morgan fingerprint density at radius 3 is 2.65 bits per heavy atom. The molecule has 94 valence electrons. The van der Waals surface area contributed by atoms with E-state index in [0.717, 1.165) is 12.1 Å². The van der Waals surface area contributed by atoms with Crippen LogP contribution in [0, 0.1) is 12.7 Å². The van der Waals surface area contributed by atoms with Crippen molar-refractivity contribution in [2.24, 2.45) is 5.73 Å². The minimum absolute atomic E-state index is 0.0409. The van der Waals surface area contributed by atoms with Crippen LogP contribution in [0.15, 0.2) is 23.1 Å². The Labute approximate surface area is 98.9 Å². The predicted octanol–water partition coefficient (Wildman–Crippen LogP) is 0.288. The van der Waals surface area contributed by atoms with Crippen molar-refractivity contribution in [3.63, 3.8) is 0 Å². The van der Waals surface area contributed by atoms with E-state index in [1.165, 1.54) is 13.0 Å². The van der Waals surface area contributed by atoms with Gasteiger partial charge >= 0.3 is 0 Å². The standard InChI is InChI=1S/C10H13FN2O3S/c1-7-6-8(2-3-9(7)11)17(15,16)13-5-4-10(12)14/h2-3,6,13H,4-5H2,1H3,(H2,12,14). The van der Waals surface area contributed by atoms with E-state index in [1.54, 1.807) is 0 Å². The molecule has 0 heterocycles. The lowest BCUT2D eigenvalue weighted by Crippen LogP contribution is -2.28. The lowest BCUT2D eigenvalue weighted by Gasteiger charge is -2.06. The summed E-state index contributed by atoms with van der Waals surface area (Å²) in [5, 5.41) is 0. The summed E-state index contributed by atoms with van der Waals surface area (Å²) >= 11 is 0. The average Bonchev–Trinajstić information content (AvgIpc) is 2.21. The van der Waals surface area contributed by atoms with E-state index in [-0.39, 0.29) is 23.4 Å². The first-order valence-electron chi connectivity index (χ1n) is 4.87. The number of nitrogens with one attached hydrogen (secondary N) is 1. The van der Waals surface area contributed by atoms with Crippen molar-refractivity contribution in [3.8, 4) is 0 Å². The number of carbonyl (C=O) groups excluding carboxylic acids is 1. The molecule has 0 bridgehead atoms. The van der Waals surface area contributed by atoms with Gasteiger partial charge in [0.2, 0.25) is 15.9 Å². The minimum Gasteiger partial charge on any atom is -0.370 e. The van der Waals surface area contributed by atoms with Crippen LogP contribution in [0.5, 0.6) is 0 Å². The fourth-order valence-electron chi connectivity index (χ4n) is 1.18. The van der Waals surface area contributed by atoms with E-state index in [2.05, 4.69) is 4.72 Å². The molecule has 0 aliphatic rings. The Hall–Kier alpha value is -1.47. The maximum absolute atomic E-state index is 13.0. The molecule has 5 nitrogen and oxygen atoms in total. The van der Waals surface area contributed by atoms with Gasteiger partial charge in [-0.3, -0.25) is 4.79 Å².